The van der Waals surface area contributed by atoms with Gasteiger partial charge in [-0.2, -0.15) is 0 Å². The van der Waals surface area contributed by atoms with Gasteiger partial charge in [-0.15, -0.1) is 11.3 Å². The molecule has 0 radical (unpaired) electrons. The van der Waals surface area contributed by atoms with Crippen LogP contribution in [-0.4, -0.2) is 30.0 Å². The van der Waals surface area contributed by atoms with Gasteiger partial charge in [0.1, 0.15) is 0 Å². The largest absolute Gasteiger partial charge is 0.461 e. The van der Waals surface area contributed by atoms with Crippen molar-refractivity contribution in [1.29, 1.82) is 0 Å². The Balaban J connectivity index is 1.94. The summed E-state index contributed by atoms with van der Waals surface area (Å²) in [6.07, 6.45) is 0.640. The standard InChI is InChI=1S/C21H21BrN2O4S/c1-4-27-20(26)17-14(3)29-21(23-17)24(11-10-15-8-6-5-7-9-15)19(25)18-13(2)12-16(22)28-18/h5-9,12H,4,10-11H2,1-3H3. The van der Waals surface area contributed by atoms with Crippen molar-refractivity contribution in [2.75, 3.05) is 18.1 Å². The van der Waals surface area contributed by atoms with E-state index < -0.39 is 5.97 Å². The third-order valence-corrected chi connectivity index (χ3v) is 5.66. The van der Waals surface area contributed by atoms with Crippen LogP contribution < -0.4 is 4.90 Å². The fraction of sp³-hybridized carbons (Fsp3) is 0.286. The van der Waals surface area contributed by atoms with Crippen LogP contribution >= 0.6 is 27.3 Å². The Morgan fingerprint density at radius 3 is 2.59 bits per heavy atom. The lowest BCUT2D eigenvalue weighted by Crippen LogP contribution is -2.33. The molecule has 0 atom stereocenters. The zero-order valence-electron chi connectivity index (χ0n) is 16.4. The summed E-state index contributed by atoms with van der Waals surface area (Å²) in [5.74, 6) is -0.538. The summed E-state index contributed by atoms with van der Waals surface area (Å²) in [6.45, 7) is 6.01. The van der Waals surface area contributed by atoms with Crippen molar-refractivity contribution in [2.24, 2.45) is 0 Å². The molecule has 6 nitrogen and oxygen atoms in total. The number of hydrogen-bond acceptors (Lipinski definition) is 6. The zero-order chi connectivity index (χ0) is 21.0. The van der Waals surface area contributed by atoms with E-state index in [1.807, 2.05) is 37.3 Å². The summed E-state index contributed by atoms with van der Waals surface area (Å²) in [6, 6.07) is 11.6. The molecule has 0 bridgehead atoms. The van der Waals surface area contributed by atoms with E-state index in [9.17, 15) is 9.59 Å². The van der Waals surface area contributed by atoms with Gasteiger partial charge >= 0.3 is 5.97 Å². The van der Waals surface area contributed by atoms with Gasteiger partial charge in [-0.1, -0.05) is 30.3 Å². The smallest absolute Gasteiger partial charge is 0.358 e. The molecule has 0 saturated heterocycles. The van der Waals surface area contributed by atoms with Crippen LogP contribution in [0.3, 0.4) is 0 Å². The number of aryl methyl sites for hydroxylation is 2. The van der Waals surface area contributed by atoms with Crippen molar-refractivity contribution in [1.82, 2.24) is 4.98 Å². The molecule has 2 aromatic heterocycles. The Hall–Kier alpha value is -2.45. The summed E-state index contributed by atoms with van der Waals surface area (Å²) >= 11 is 4.56. The fourth-order valence-corrected chi connectivity index (χ4v) is 4.26. The third kappa shape index (κ3) is 4.94. The van der Waals surface area contributed by atoms with Gasteiger partial charge in [0.15, 0.2) is 21.3 Å². The van der Waals surface area contributed by atoms with Gasteiger partial charge in [0, 0.05) is 17.0 Å². The van der Waals surface area contributed by atoms with Gasteiger partial charge in [-0.25, -0.2) is 9.78 Å². The first-order valence-corrected chi connectivity index (χ1v) is 10.8. The summed E-state index contributed by atoms with van der Waals surface area (Å²) in [5.41, 5.74) is 2.06. The van der Waals surface area contributed by atoms with Gasteiger partial charge in [0.05, 0.1) is 6.61 Å². The summed E-state index contributed by atoms with van der Waals surface area (Å²) in [4.78, 5) is 32.1. The number of carbonyl (C=O) groups excluding carboxylic acids is 2. The predicted octanol–water partition coefficient (Wildman–Crippen LogP) is 5.18. The molecule has 29 heavy (non-hydrogen) atoms. The highest BCUT2D eigenvalue weighted by atomic mass is 79.9. The predicted molar refractivity (Wildman–Crippen MR) is 116 cm³/mol. The second-order valence-corrected chi connectivity index (χ2v) is 8.34. The van der Waals surface area contributed by atoms with E-state index in [-0.39, 0.29) is 24.0 Å². The third-order valence-electron chi connectivity index (χ3n) is 4.28. The Morgan fingerprint density at radius 2 is 1.97 bits per heavy atom. The number of rotatable bonds is 7. The highest BCUT2D eigenvalue weighted by molar-refractivity contribution is 9.10. The minimum atomic E-state index is -0.486. The lowest BCUT2D eigenvalue weighted by atomic mass is 10.1. The van der Waals surface area contributed by atoms with Gasteiger partial charge in [0.2, 0.25) is 0 Å². The molecule has 0 unspecified atom stereocenters. The number of halogens is 1. The van der Waals surface area contributed by atoms with Crippen molar-refractivity contribution < 1.29 is 18.7 Å². The normalized spacial score (nSPS) is 10.8. The molecule has 0 aliphatic carbocycles. The summed E-state index contributed by atoms with van der Waals surface area (Å²) < 4.78 is 11.1. The van der Waals surface area contributed by atoms with Gasteiger partial charge in [0.25, 0.3) is 5.91 Å². The lowest BCUT2D eigenvalue weighted by molar-refractivity contribution is 0.0519. The maximum absolute atomic E-state index is 13.3. The SMILES string of the molecule is CCOC(=O)c1nc(N(CCc2ccccc2)C(=O)c2oc(Br)cc2C)sc1C. The minimum absolute atomic E-state index is 0.238. The highest BCUT2D eigenvalue weighted by Gasteiger charge is 2.27. The first-order valence-electron chi connectivity index (χ1n) is 9.17. The van der Waals surface area contributed by atoms with Crippen LogP contribution in [0.4, 0.5) is 5.13 Å². The quantitative estimate of drug-likeness (QED) is 0.439. The topological polar surface area (TPSA) is 72.6 Å². The Bertz CT molecular complexity index is 1010. The number of benzene rings is 1. The second-order valence-electron chi connectivity index (χ2n) is 6.38. The van der Waals surface area contributed by atoms with Crippen molar-refractivity contribution in [3.05, 3.63) is 68.5 Å². The Kier molecular flexibility index (Phi) is 6.87. The number of ether oxygens (including phenoxy) is 1. The number of hydrogen-bond donors (Lipinski definition) is 0. The molecule has 3 aromatic rings. The monoisotopic (exact) mass is 476 g/mol. The van der Waals surface area contributed by atoms with E-state index >= 15 is 0 Å². The Labute approximate surface area is 181 Å². The number of nitrogens with zero attached hydrogens (tertiary/aromatic N) is 2. The molecule has 0 fully saturated rings. The van der Waals surface area contributed by atoms with E-state index in [1.165, 1.54) is 11.3 Å². The lowest BCUT2D eigenvalue weighted by Gasteiger charge is -2.19. The van der Waals surface area contributed by atoms with Crippen molar-refractivity contribution in [3.8, 4) is 0 Å². The number of anilines is 1. The van der Waals surface area contributed by atoms with E-state index in [1.54, 1.807) is 24.8 Å². The molecule has 3 rings (SSSR count). The first-order chi connectivity index (χ1) is 13.9. The van der Waals surface area contributed by atoms with Crippen LogP contribution in [0, 0.1) is 13.8 Å². The summed E-state index contributed by atoms with van der Waals surface area (Å²) in [5, 5.41) is 0.443. The Morgan fingerprint density at radius 1 is 1.24 bits per heavy atom. The number of esters is 1. The molecule has 0 saturated carbocycles. The summed E-state index contributed by atoms with van der Waals surface area (Å²) in [7, 11) is 0. The number of thiazole rings is 1. The van der Waals surface area contributed by atoms with E-state index in [2.05, 4.69) is 20.9 Å². The van der Waals surface area contributed by atoms with E-state index in [0.29, 0.717) is 27.6 Å². The van der Waals surface area contributed by atoms with Crippen molar-refractivity contribution >= 4 is 44.3 Å². The van der Waals surface area contributed by atoms with Crippen LogP contribution in [0.5, 0.6) is 0 Å². The zero-order valence-corrected chi connectivity index (χ0v) is 18.8. The van der Waals surface area contributed by atoms with Crippen LogP contribution in [0.15, 0.2) is 45.5 Å². The maximum Gasteiger partial charge on any atom is 0.358 e. The molecular formula is C21H21BrN2O4S. The van der Waals surface area contributed by atoms with E-state index in [0.717, 1.165) is 11.1 Å². The van der Waals surface area contributed by atoms with Crippen molar-refractivity contribution in [3.63, 3.8) is 0 Å². The molecule has 0 spiro atoms. The molecule has 8 heteroatoms. The van der Waals surface area contributed by atoms with Gasteiger partial charge in [-0.05, 0) is 54.8 Å². The molecule has 1 amide bonds. The van der Waals surface area contributed by atoms with E-state index in [4.69, 9.17) is 9.15 Å². The average molecular weight is 477 g/mol. The van der Waals surface area contributed by atoms with Crippen LogP contribution in [0.2, 0.25) is 0 Å². The number of carbonyl (C=O) groups is 2. The molecule has 1 aromatic carbocycles. The van der Waals surface area contributed by atoms with Crippen molar-refractivity contribution in [2.45, 2.75) is 27.2 Å². The molecule has 2 heterocycles. The van der Waals surface area contributed by atoms with Crippen LogP contribution in [0.25, 0.3) is 0 Å². The van der Waals surface area contributed by atoms with Gasteiger partial charge in [-0.3, -0.25) is 9.69 Å². The molecule has 152 valence electrons. The van der Waals surface area contributed by atoms with Gasteiger partial charge < -0.3 is 9.15 Å². The first kappa shape index (κ1) is 21.3. The molecular weight excluding hydrogens is 456 g/mol. The molecule has 0 N–H and O–H groups in total. The minimum Gasteiger partial charge on any atom is -0.461 e. The van der Waals surface area contributed by atoms with Crippen LogP contribution in [-0.2, 0) is 11.2 Å². The number of amides is 1. The number of furan rings is 1. The average Bonchev–Trinajstić information content (AvgIpc) is 3.24. The fourth-order valence-electron chi connectivity index (χ4n) is 2.83. The molecule has 0 aliphatic heterocycles. The highest BCUT2D eigenvalue weighted by Crippen LogP contribution is 2.29. The molecule has 0 aliphatic rings. The van der Waals surface area contributed by atoms with Crippen LogP contribution in [0.1, 0.15) is 44.0 Å². The maximum atomic E-state index is 13.3. The second kappa shape index (κ2) is 9.37. The number of aromatic nitrogens is 1.